The first kappa shape index (κ1) is 13.4. The van der Waals surface area contributed by atoms with Crippen LogP contribution in [0.4, 0.5) is 5.69 Å². The predicted molar refractivity (Wildman–Crippen MR) is 79.3 cm³/mol. The number of rotatable bonds is 2. The van der Waals surface area contributed by atoms with Crippen LogP contribution in [-0.2, 0) is 0 Å². The molecule has 0 unspecified atom stereocenters. The molecule has 3 nitrogen and oxygen atoms in total. The van der Waals surface area contributed by atoms with Gasteiger partial charge in [-0.3, -0.25) is 0 Å². The summed E-state index contributed by atoms with van der Waals surface area (Å²) < 4.78 is 6.84. The zero-order valence-electron chi connectivity index (χ0n) is 10.7. The molecule has 0 spiro atoms. The second-order valence-corrected chi connectivity index (χ2v) is 5.10. The number of anilines is 1. The molecule has 0 aromatic heterocycles. The minimum atomic E-state index is 0.364. The molecule has 0 bridgehead atoms. The van der Waals surface area contributed by atoms with E-state index in [1.54, 1.807) is 18.2 Å². The van der Waals surface area contributed by atoms with Crippen LogP contribution in [0.3, 0.4) is 0 Å². The maximum Gasteiger partial charge on any atom is 0.151 e. The van der Waals surface area contributed by atoms with Crippen molar-refractivity contribution in [1.82, 2.24) is 0 Å². The SMILES string of the molecule is Cc1cc(Oc2cccc(C#N)c2N)cc(C)c1Br. The normalized spacial score (nSPS) is 10.0. The first-order valence-corrected chi connectivity index (χ1v) is 6.55. The Balaban J connectivity index is 2.40. The second-order valence-electron chi connectivity index (χ2n) is 4.30. The van der Waals surface area contributed by atoms with E-state index in [-0.39, 0.29) is 0 Å². The van der Waals surface area contributed by atoms with Crippen LogP contribution < -0.4 is 10.5 Å². The van der Waals surface area contributed by atoms with E-state index in [9.17, 15) is 0 Å². The van der Waals surface area contributed by atoms with Gasteiger partial charge in [-0.1, -0.05) is 22.0 Å². The van der Waals surface area contributed by atoms with Gasteiger partial charge in [0.25, 0.3) is 0 Å². The number of benzene rings is 2. The third-order valence-corrected chi connectivity index (χ3v) is 4.08. The van der Waals surface area contributed by atoms with Gasteiger partial charge >= 0.3 is 0 Å². The molecule has 2 rings (SSSR count). The van der Waals surface area contributed by atoms with Gasteiger partial charge in [-0.05, 0) is 49.2 Å². The maximum atomic E-state index is 8.94. The molecule has 0 aliphatic rings. The summed E-state index contributed by atoms with van der Waals surface area (Å²) in [6, 6.07) is 11.1. The first-order chi connectivity index (χ1) is 9.02. The minimum absolute atomic E-state index is 0.364. The van der Waals surface area contributed by atoms with Crippen molar-refractivity contribution in [3.8, 4) is 17.6 Å². The van der Waals surface area contributed by atoms with Crippen molar-refractivity contribution in [2.24, 2.45) is 0 Å². The molecule has 0 aliphatic carbocycles. The number of hydrogen-bond donors (Lipinski definition) is 1. The zero-order valence-corrected chi connectivity index (χ0v) is 12.3. The summed E-state index contributed by atoms with van der Waals surface area (Å²) in [6.45, 7) is 4.00. The van der Waals surface area contributed by atoms with E-state index in [2.05, 4.69) is 15.9 Å². The Morgan fingerprint density at radius 3 is 2.42 bits per heavy atom. The molecule has 0 atom stereocenters. The number of nitrogens with zero attached hydrogens (tertiary/aromatic N) is 1. The molecule has 0 amide bonds. The molecule has 4 heteroatoms. The molecule has 0 aliphatic heterocycles. The van der Waals surface area contributed by atoms with Crippen LogP contribution in [0.2, 0.25) is 0 Å². The highest BCUT2D eigenvalue weighted by Crippen LogP contribution is 2.33. The van der Waals surface area contributed by atoms with Gasteiger partial charge in [0.2, 0.25) is 0 Å². The van der Waals surface area contributed by atoms with Gasteiger partial charge in [-0.25, -0.2) is 0 Å². The van der Waals surface area contributed by atoms with Crippen molar-refractivity contribution in [3.63, 3.8) is 0 Å². The average Bonchev–Trinajstić information content (AvgIpc) is 2.38. The Hall–Kier alpha value is -1.99. The molecule has 0 radical (unpaired) electrons. The van der Waals surface area contributed by atoms with Crippen molar-refractivity contribution < 1.29 is 4.74 Å². The lowest BCUT2D eigenvalue weighted by Crippen LogP contribution is -1.96. The molecule has 0 fully saturated rings. The average molecular weight is 317 g/mol. The van der Waals surface area contributed by atoms with Crippen molar-refractivity contribution in [3.05, 3.63) is 51.5 Å². The molecule has 2 aromatic carbocycles. The Morgan fingerprint density at radius 1 is 1.21 bits per heavy atom. The lowest BCUT2D eigenvalue weighted by molar-refractivity contribution is 0.484. The molecule has 2 aromatic rings. The molecule has 0 heterocycles. The highest BCUT2D eigenvalue weighted by molar-refractivity contribution is 9.10. The summed E-state index contributed by atoms with van der Waals surface area (Å²) in [6.07, 6.45) is 0. The minimum Gasteiger partial charge on any atom is -0.455 e. The number of ether oxygens (including phenoxy) is 1. The van der Waals surface area contributed by atoms with Crippen LogP contribution in [0, 0.1) is 25.2 Å². The molecule has 96 valence electrons. The van der Waals surface area contributed by atoms with Crippen molar-refractivity contribution in [2.75, 3.05) is 5.73 Å². The zero-order chi connectivity index (χ0) is 14.0. The van der Waals surface area contributed by atoms with Gasteiger partial charge in [-0.15, -0.1) is 0 Å². The molecule has 0 saturated carbocycles. The fourth-order valence-corrected chi connectivity index (χ4v) is 2.05. The number of nitrogens with two attached hydrogens (primary N) is 1. The third kappa shape index (κ3) is 2.72. The first-order valence-electron chi connectivity index (χ1n) is 5.76. The molecule has 2 N–H and O–H groups in total. The molecular formula is C15H13BrN2O. The van der Waals surface area contributed by atoms with E-state index in [1.807, 2.05) is 32.0 Å². The molecular weight excluding hydrogens is 304 g/mol. The van der Waals surface area contributed by atoms with Crippen LogP contribution in [-0.4, -0.2) is 0 Å². The largest absolute Gasteiger partial charge is 0.455 e. The highest BCUT2D eigenvalue weighted by Gasteiger charge is 2.08. The highest BCUT2D eigenvalue weighted by atomic mass is 79.9. The molecule has 19 heavy (non-hydrogen) atoms. The second kappa shape index (κ2) is 5.33. The fourth-order valence-electron chi connectivity index (χ4n) is 1.82. The van der Waals surface area contributed by atoms with Crippen LogP contribution in [0.5, 0.6) is 11.5 Å². The number of hydrogen-bond acceptors (Lipinski definition) is 3. The monoisotopic (exact) mass is 316 g/mol. The van der Waals surface area contributed by atoms with Gasteiger partial charge in [0.15, 0.2) is 5.75 Å². The number of nitrogen functional groups attached to an aromatic ring is 1. The van der Waals surface area contributed by atoms with Crippen LogP contribution in [0.25, 0.3) is 0 Å². The van der Waals surface area contributed by atoms with E-state index >= 15 is 0 Å². The van der Waals surface area contributed by atoms with Crippen molar-refractivity contribution in [1.29, 1.82) is 5.26 Å². The third-order valence-electron chi connectivity index (χ3n) is 2.82. The van der Waals surface area contributed by atoms with Gasteiger partial charge < -0.3 is 10.5 Å². The van der Waals surface area contributed by atoms with E-state index in [4.69, 9.17) is 15.7 Å². The number of halogens is 1. The van der Waals surface area contributed by atoms with Gasteiger partial charge in [0, 0.05) is 4.47 Å². The lowest BCUT2D eigenvalue weighted by atomic mass is 10.1. The Kier molecular flexibility index (Phi) is 3.77. The summed E-state index contributed by atoms with van der Waals surface area (Å²) in [5.41, 5.74) is 8.85. The maximum absolute atomic E-state index is 8.94. The Bertz CT molecular complexity index is 651. The summed E-state index contributed by atoms with van der Waals surface area (Å²) in [7, 11) is 0. The summed E-state index contributed by atoms with van der Waals surface area (Å²) >= 11 is 3.51. The Labute approximate surface area is 120 Å². The van der Waals surface area contributed by atoms with Crippen LogP contribution in [0.1, 0.15) is 16.7 Å². The van der Waals surface area contributed by atoms with Gasteiger partial charge in [0.1, 0.15) is 11.8 Å². The fraction of sp³-hybridized carbons (Fsp3) is 0.133. The quantitative estimate of drug-likeness (QED) is 0.840. The number of nitriles is 1. The van der Waals surface area contributed by atoms with Crippen LogP contribution in [0.15, 0.2) is 34.8 Å². The number of para-hydroxylation sites is 1. The lowest BCUT2D eigenvalue weighted by Gasteiger charge is -2.12. The topological polar surface area (TPSA) is 59.0 Å². The summed E-state index contributed by atoms with van der Waals surface area (Å²) in [5.74, 6) is 1.21. The van der Waals surface area contributed by atoms with Gasteiger partial charge in [-0.2, -0.15) is 5.26 Å². The van der Waals surface area contributed by atoms with Crippen molar-refractivity contribution in [2.45, 2.75) is 13.8 Å². The standard InChI is InChI=1S/C15H13BrN2O/c1-9-6-12(7-10(2)14(9)16)19-13-5-3-4-11(8-17)15(13)18/h3-7H,18H2,1-2H3. The van der Waals surface area contributed by atoms with E-state index in [1.165, 1.54) is 0 Å². The van der Waals surface area contributed by atoms with E-state index < -0.39 is 0 Å². The smallest absolute Gasteiger partial charge is 0.151 e. The Morgan fingerprint density at radius 2 is 1.84 bits per heavy atom. The van der Waals surface area contributed by atoms with Gasteiger partial charge in [0.05, 0.1) is 11.3 Å². The van der Waals surface area contributed by atoms with Crippen molar-refractivity contribution >= 4 is 21.6 Å². The van der Waals surface area contributed by atoms with Crippen LogP contribution >= 0.6 is 15.9 Å². The number of aryl methyl sites for hydroxylation is 2. The summed E-state index contributed by atoms with van der Waals surface area (Å²) in [4.78, 5) is 0. The van der Waals surface area contributed by atoms with E-state index in [0.717, 1.165) is 15.6 Å². The van der Waals surface area contributed by atoms with E-state index in [0.29, 0.717) is 22.7 Å². The molecule has 0 saturated heterocycles. The summed E-state index contributed by atoms with van der Waals surface area (Å²) in [5, 5.41) is 8.94. The predicted octanol–water partition coefficient (Wildman–Crippen LogP) is 4.31.